The number of carbonyl (C=O) groups is 1. The van der Waals surface area contributed by atoms with Gasteiger partial charge < -0.3 is 14.9 Å². The summed E-state index contributed by atoms with van der Waals surface area (Å²) in [6, 6.07) is 20.1. The van der Waals surface area contributed by atoms with E-state index >= 15 is 0 Å². The number of non-ortho nitro benzene ring substituents is 1. The molecule has 0 bridgehead atoms. The zero-order valence-corrected chi connectivity index (χ0v) is 16.1. The summed E-state index contributed by atoms with van der Waals surface area (Å²) >= 11 is 0. The van der Waals surface area contributed by atoms with E-state index in [1.807, 2.05) is 0 Å². The van der Waals surface area contributed by atoms with Crippen LogP contribution >= 0.6 is 0 Å². The highest BCUT2D eigenvalue weighted by Crippen LogP contribution is 2.16. The van der Waals surface area contributed by atoms with Gasteiger partial charge in [-0.05, 0) is 42.0 Å². The zero-order chi connectivity index (χ0) is 21.3. The average molecular weight is 405 g/mol. The minimum absolute atomic E-state index is 0.0116. The number of anilines is 1. The molecule has 0 radical (unpaired) electrons. The number of oxime groups is 1. The van der Waals surface area contributed by atoms with E-state index in [-0.39, 0.29) is 18.2 Å². The number of amides is 1. The normalized spacial score (nSPS) is 10.6. The van der Waals surface area contributed by atoms with Gasteiger partial charge in [0.25, 0.3) is 11.6 Å². The second-order valence-corrected chi connectivity index (χ2v) is 6.24. The first-order valence-corrected chi connectivity index (χ1v) is 8.99. The molecule has 3 rings (SSSR count). The molecule has 0 aliphatic carbocycles. The van der Waals surface area contributed by atoms with E-state index in [1.165, 1.54) is 18.3 Å². The summed E-state index contributed by atoms with van der Waals surface area (Å²) in [6.45, 7) is 0.200. The minimum Gasteiger partial charge on any atom is -0.497 e. The summed E-state index contributed by atoms with van der Waals surface area (Å²) < 4.78 is 5.09. The molecule has 0 saturated heterocycles. The Labute approximate surface area is 172 Å². The fourth-order valence-corrected chi connectivity index (χ4v) is 2.56. The predicted octanol–water partition coefficient (Wildman–Crippen LogP) is 4.41. The van der Waals surface area contributed by atoms with Crippen LogP contribution in [0.1, 0.15) is 21.5 Å². The Kier molecular flexibility index (Phi) is 6.73. The first-order chi connectivity index (χ1) is 14.5. The largest absolute Gasteiger partial charge is 0.497 e. The molecular weight excluding hydrogens is 386 g/mol. The van der Waals surface area contributed by atoms with Crippen molar-refractivity contribution in [2.24, 2.45) is 5.16 Å². The number of ether oxygens (including phenoxy) is 1. The fraction of sp³-hybridized carbons (Fsp3) is 0.0909. The van der Waals surface area contributed by atoms with E-state index in [0.717, 1.165) is 5.56 Å². The lowest BCUT2D eigenvalue weighted by Gasteiger charge is -2.07. The highest BCUT2D eigenvalue weighted by atomic mass is 16.6. The second-order valence-electron chi connectivity index (χ2n) is 6.24. The summed E-state index contributed by atoms with van der Waals surface area (Å²) in [5.41, 5.74) is 2.56. The molecule has 8 heteroatoms. The van der Waals surface area contributed by atoms with Gasteiger partial charge in [0.2, 0.25) is 0 Å². The Bertz CT molecular complexity index is 1050. The van der Waals surface area contributed by atoms with Crippen molar-refractivity contribution < 1.29 is 19.3 Å². The van der Waals surface area contributed by atoms with Gasteiger partial charge in [0.1, 0.15) is 12.4 Å². The summed E-state index contributed by atoms with van der Waals surface area (Å²) in [6.07, 6.45) is 1.41. The van der Waals surface area contributed by atoms with E-state index in [1.54, 1.807) is 67.8 Å². The van der Waals surface area contributed by atoms with Crippen LogP contribution in [-0.4, -0.2) is 24.2 Å². The number of rotatable bonds is 8. The van der Waals surface area contributed by atoms with Gasteiger partial charge in [0, 0.05) is 28.9 Å². The van der Waals surface area contributed by atoms with Crippen LogP contribution in [0.25, 0.3) is 0 Å². The average Bonchev–Trinajstić information content (AvgIpc) is 2.78. The Balaban J connectivity index is 1.52. The summed E-state index contributed by atoms with van der Waals surface area (Å²) in [7, 11) is 1.58. The first-order valence-electron chi connectivity index (χ1n) is 8.99. The van der Waals surface area contributed by atoms with Crippen LogP contribution in [0.3, 0.4) is 0 Å². The van der Waals surface area contributed by atoms with E-state index in [0.29, 0.717) is 22.6 Å². The van der Waals surface area contributed by atoms with Crippen molar-refractivity contribution in [2.75, 3.05) is 12.4 Å². The Morgan fingerprint density at radius 1 is 1.10 bits per heavy atom. The number of nitrogens with one attached hydrogen (secondary N) is 1. The fourth-order valence-electron chi connectivity index (χ4n) is 2.56. The van der Waals surface area contributed by atoms with Gasteiger partial charge in [-0.1, -0.05) is 29.4 Å². The lowest BCUT2D eigenvalue weighted by Crippen LogP contribution is -2.11. The molecular formula is C22H19N3O5. The van der Waals surface area contributed by atoms with Gasteiger partial charge in [-0.3, -0.25) is 14.9 Å². The molecule has 0 spiro atoms. The predicted molar refractivity (Wildman–Crippen MR) is 113 cm³/mol. The zero-order valence-electron chi connectivity index (χ0n) is 16.1. The smallest absolute Gasteiger partial charge is 0.270 e. The maximum absolute atomic E-state index is 12.3. The molecule has 30 heavy (non-hydrogen) atoms. The molecule has 0 fully saturated rings. The summed E-state index contributed by atoms with van der Waals surface area (Å²) in [5.74, 6) is 0.488. The molecule has 3 aromatic carbocycles. The van der Waals surface area contributed by atoms with Crippen molar-refractivity contribution in [1.82, 2.24) is 0 Å². The molecule has 3 aromatic rings. The van der Waals surface area contributed by atoms with E-state index in [9.17, 15) is 14.9 Å². The number of methoxy groups -OCH3 is 1. The number of carbonyl (C=O) groups excluding carboxylic acids is 1. The number of benzene rings is 3. The van der Waals surface area contributed by atoms with Crippen LogP contribution in [-0.2, 0) is 11.4 Å². The maximum Gasteiger partial charge on any atom is 0.270 e. The van der Waals surface area contributed by atoms with Crippen LogP contribution < -0.4 is 10.1 Å². The van der Waals surface area contributed by atoms with Crippen LogP contribution in [0, 0.1) is 10.1 Å². The quantitative estimate of drug-likeness (QED) is 0.340. The molecule has 152 valence electrons. The Morgan fingerprint density at radius 3 is 2.50 bits per heavy atom. The minimum atomic E-state index is -0.468. The maximum atomic E-state index is 12.3. The van der Waals surface area contributed by atoms with Gasteiger partial charge in [-0.2, -0.15) is 0 Å². The van der Waals surface area contributed by atoms with Gasteiger partial charge in [0.05, 0.1) is 18.2 Å². The molecule has 0 atom stereocenters. The van der Waals surface area contributed by atoms with E-state index < -0.39 is 4.92 Å². The summed E-state index contributed by atoms with van der Waals surface area (Å²) in [5, 5.41) is 17.4. The van der Waals surface area contributed by atoms with Gasteiger partial charge >= 0.3 is 0 Å². The monoisotopic (exact) mass is 405 g/mol. The van der Waals surface area contributed by atoms with Gasteiger partial charge in [0.15, 0.2) is 0 Å². The topological polar surface area (TPSA) is 103 Å². The molecule has 0 aliphatic rings. The van der Waals surface area contributed by atoms with Crippen molar-refractivity contribution in [3.8, 4) is 5.75 Å². The second kappa shape index (κ2) is 9.83. The molecule has 1 amide bonds. The Hall–Kier alpha value is -4.20. The third kappa shape index (κ3) is 5.65. The van der Waals surface area contributed by atoms with Crippen molar-refractivity contribution in [2.45, 2.75) is 6.61 Å². The van der Waals surface area contributed by atoms with E-state index in [4.69, 9.17) is 9.57 Å². The van der Waals surface area contributed by atoms with Gasteiger partial charge in [-0.15, -0.1) is 0 Å². The lowest BCUT2D eigenvalue weighted by molar-refractivity contribution is -0.384. The van der Waals surface area contributed by atoms with Crippen molar-refractivity contribution in [1.29, 1.82) is 0 Å². The van der Waals surface area contributed by atoms with E-state index in [2.05, 4.69) is 10.5 Å². The third-order valence-electron chi connectivity index (χ3n) is 4.15. The molecule has 8 nitrogen and oxygen atoms in total. The van der Waals surface area contributed by atoms with Crippen LogP contribution in [0.2, 0.25) is 0 Å². The van der Waals surface area contributed by atoms with Crippen LogP contribution in [0.15, 0.2) is 78.0 Å². The van der Waals surface area contributed by atoms with Crippen molar-refractivity contribution >= 4 is 23.5 Å². The Morgan fingerprint density at radius 2 is 1.83 bits per heavy atom. The van der Waals surface area contributed by atoms with Crippen molar-refractivity contribution in [3.05, 3.63) is 99.6 Å². The number of hydrogen-bond acceptors (Lipinski definition) is 6. The number of hydrogen-bond donors (Lipinski definition) is 1. The number of nitro benzene ring substituents is 1. The summed E-state index contributed by atoms with van der Waals surface area (Å²) in [4.78, 5) is 27.9. The molecule has 0 aromatic heterocycles. The number of nitrogens with zero attached hydrogens (tertiary/aromatic N) is 2. The molecule has 0 heterocycles. The first kappa shape index (κ1) is 20.5. The van der Waals surface area contributed by atoms with Gasteiger partial charge in [-0.25, -0.2) is 0 Å². The highest BCUT2D eigenvalue weighted by Gasteiger charge is 2.07. The molecule has 0 saturated carbocycles. The molecule has 1 N–H and O–H groups in total. The number of nitro groups is 1. The van der Waals surface area contributed by atoms with Crippen molar-refractivity contribution in [3.63, 3.8) is 0 Å². The molecule has 0 aliphatic heterocycles. The SMILES string of the molecule is COc1ccc(NC(=O)c2ccc(CO/N=C/c3cccc([N+](=O)[O-])c3)cc2)cc1. The third-order valence-corrected chi connectivity index (χ3v) is 4.15. The van der Waals surface area contributed by atoms with Crippen LogP contribution in [0.5, 0.6) is 5.75 Å². The highest BCUT2D eigenvalue weighted by molar-refractivity contribution is 6.04. The standard InChI is InChI=1S/C22H19N3O5/c1-29-21-11-9-19(10-12-21)24-22(26)18-7-5-16(6-8-18)15-30-23-14-17-3-2-4-20(13-17)25(27)28/h2-14H,15H2,1H3,(H,24,26)/b23-14+. The molecule has 0 unspecified atom stereocenters. The van der Waals surface area contributed by atoms with Crippen LogP contribution in [0.4, 0.5) is 11.4 Å². The lowest BCUT2D eigenvalue weighted by atomic mass is 10.1.